The highest BCUT2D eigenvalue weighted by Crippen LogP contribution is 2.42. The van der Waals surface area contributed by atoms with Gasteiger partial charge in [-0.2, -0.15) is 11.8 Å². The molecular formula is C11H16IN3S. The normalized spacial score (nSPS) is 15.8. The van der Waals surface area contributed by atoms with E-state index in [-0.39, 0.29) is 0 Å². The zero-order valence-electron chi connectivity index (χ0n) is 9.53. The number of halogens is 1. The lowest BCUT2D eigenvalue weighted by atomic mass is 10.3. The van der Waals surface area contributed by atoms with Gasteiger partial charge in [0, 0.05) is 5.92 Å². The molecule has 0 unspecified atom stereocenters. The number of anilines is 1. The minimum Gasteiger partial charge on any atom is -0.383 e. The largest absolute Gasteiger partial charge is 0.383 e. The fraction of sp³-hybridized carbons (Fsp3) is 0.636. The average molecular weight is 349 g/mol. The lowest BCUT2D eigenvalue weighted by Gasteiger charge is -2.09. The van der Waals surface area contributed by atoms with Crippen molar-refractivity contribution in [3.63, 3.8) is 0 Å². The minimum atomic E-state index is 0.605. The summed E-state index contributed by atoms with van der Waals surface area (Å²) in [5.41, 5.74) is 7.10. The van der Waals surface area contributed by atoms with Crippen molar-refractivity contribution in [1.29, 1.82) is 0 Å². The molecule has 0 aliphatic heterocycles. The van der Waals surface area contributed by atoms with Crippen LogP contribution in [0.5, 0.6) is 0 Å². The summed E-state index contributed by atoms with van der Waals surface area (Å²) in [6, 6.07) is 0. The van der Waals surface area contributed by atoms with E-state index in [1.54, 1.807) is 0 Å². The Morgan fingerprint density at radius 3 is 2.69 bits per heavy atom. The second-order valence-electron chi connectivity index (χ2n) is 4.36. The third-order valence-corrected chi connectivity index (χ3v) is 4.66. The second kappa shape index (κ2) is 5.08. The summed E-state index contributed by atoms with van der Waals surface area (Å²) < 4.78 is 1.05. The molecule has 0 atom stereocenters. The Kier molecular flexibility index (Phi) is 3.94. The van der Waals surface area contributed by atoms with E-state index in [2.05, 4.69) is 46.4 Å². The number of nitrogens with two attached hydrogens (primary N) is 1. The Labute approximate surface area is 114 Å². The van der Waals surface area contributed by atoms with Crippen LogP contribution in [0.4, 0.5) is 5.82 Å². The Morgan fingerprint density at radius 1 is 1.44 bits per heavy atom. The van der Waals surface area contributed by atoms with Crippen LogP contribution in [-0.2, 0) is 5.75 Å². The van der Waals surface area contributed by atoms with E-state index in [9.17, 15) is 0 Å². The van der Waals surface area contributed by atoms with Crippen LogP contribution in [-0.4, -0.2) is 15.2 Å². The summed E-state index contributed by atoms with van der Waals surface area (Å²) in [5, 5.41) is 0.605. The standard InChI is InChI=1S/C11H16IN3S/c1-6(2)16-5-8-14-10(7-3-4-7)9(12)11(13)15-8/h6-7H,3-5H2,1-2H3,(H2,13,14,15). The first-order chi connectivity index (χ1) is 7.58. The fourth-order valence-electron chi connectivity index (χ4n) is 1.47. The number of rotatable bonds is 4. The number of nitrogen functional groups attached to an aromatic ring is 1. The Balaban J connectivity index is 2.19. The van der Waals surface area contributed by atoms with Crippen molar-refractivity contribution < 1.29 is 0 Å². The van der Waals surface area contributed by atoms with Crippen molar-refractivity contribution in [2.45, 2.75) is 43.6 Å². The fourth-order valence-corrected chi connectivity index (χ4v) is 2.76. The molecule has 0 spiro atoms. The van der Waals surface area contributed by atoms with Gasteiger partial charge in [0.25, 0.3) is 0 Å². The molecule has 0 aromatic carbocycles. The lowest BCUT2D eigenvalue weighted by Crippen LogP contribution is -2.06. The highest BCUT2D eigenvalue weighted by molar-refractivity contribution is 14.1. The van der Waals surface area contributed by atoms with E-state index in [1.165, 1.54) is 18.5 Å². The first-order valence-corrected chi connectivity index (χ1v) is 7.64. The number of nitrogens with zero attached hydrogens (tertiary/aromatic N) is 2. The maximum atomic E-state index is 5.93. The molecule has 0 bridgehead atoms. The van der Waals surface area contributed by atoms with Crippen molar-refractivity contribution in [3.05, 3.63) is 15.1 Å². The van der Waals surface area contributed by atoms with E-state index in [0.717, 1.165) is 15.1 Å². The van der Waals surface area contributed by atoms with Gasteiger partial charge in [-0.3, -0.25) is 0 Å². The van der Waals surface area contributed by atoms with E-state index < -0.39 is 0 Å². The number of hydrogen-bond donors (Lipinski definition) is 1. The van der Waals surface area contributed by atoms with Crippen LogP contribution in [0.25, 0.3) is 0 Å². The van der Waals surface area contributed by atoms with Gasteiger partial charge in [-0.1, -0.05) is 13.8 Å². The molecule has 0 radical (unpaired) electrons. The highest BCUT2D eigenvalue weighted by Gasteiger charge is 2.28. The molecule has 1 heterocycles. The van der Waals surface area contributed by atoms with E-state index in [0.29, 0.717) is 17.0 Å². The Hall–Kier alpha value is -0.0400. The zero-order chi connectivity index (χ0) is 11.7. The summed E-state index contributed by atoms with van der Waals surface area (Å²) in [6.45, 7) is 4.37. The van der Waals surface area contributed by atoms with E-state index >= 15 is 0 Å². The van der Waals surface area contributed by atoms with Crippen LogP contribution in [0.1, 0.15) is 44.1 Å². The molecule has 1 aromatic rings. The first kappa shape index (κ1) is 12.4. The Bertz CT molecular complexity index is 391. The van der Waals surface area contributed by atoms with Crippen molar-refractivity contribution in [3.8, 4) is 0 Å². The lowest BCUT2D eigenvalue weighted by molar-refractivity contribution is 0.922. The quantitative estimate of drug-likeness (QED) is 0.849. The SMILES string of the molecule is CC(C)SCc1nc(N)c(I)c(C2CC2)n1. The maximum absolute atomic E-state index is 5.93. The van der Waals surface area contributed by atoms with Crippen LogP contribution < -0.4 is 5.73 Å². The van der Waals surface area contributed by atoms with Gasteiger partial charge in [-0.25, -0.2) is 9.97 Å². The summed E-state index contributed by atoms with van der Waals surface area (Å²) >= 11 is 4.12. The molecule has 1 saturated carbocycles. The van der Waals surface area contributed by atoms with Crippen LogP contribution in [0.2, 0.25) is 0 Å². The van der Waals surface area contributed by atoms with E-state index in [1.807, 2.05) is 11.8 Å². The third-order valence-electron chi connectivity index (χ3n) is 2.46. The molecule has 1 aliphatic rings. The van der Waals surface area contributed by atoms with Gasteiger partial charge in [0.05, 0.1) is 15.0 Å². The van der Waals surface area contributed by atoms with Crippen LogP contribution >= 0.6 is 34.4 Å². The maximum Gasteiger partial charge on any atom is 0.140 e. The molecule has 1 aliphatic carbocycles. The van der Waals surface area contributed by atoms with Gasteiger partial charge in [0.15, 0.2) is 0 Å². The van der Waals surface area contributed by atoms with Crippen LogP contribution in [0.15, 0.2) is 0 Å². The number of aromatic nitrogens is 2. The van der Waals surface area contributed by atoms with Crippen LogP contribution in [0.3, 0.4) is 0 Å². The molecule has 16 heavy (non-hydrogen) atoms. The van der Waals surface area contributed by atoms with E-state index in [4.69, 9.17) is 5.73 Å². The van der Waals surface area contributed by atoms with Crippen molar-refractivity contribution in [2.75, 3.05) is 5.73 Å². The monoisotopic (exact) mass is 349 g/mol. The average Bonchev–Trinajstić information content (AvgIpc) is 3.03. The summed E-state index contributed by atoms with van der Waals surface area (Å²) in [5.74, 6) is 3.04. The molecular weight excluding hydrogens is 333 g/mol. The predicted molar refractivity (Wildman–Crippen MR) is 77.6 cm³/mol. The molecule has 2 N–H and O–H groups in total. The molecule has 88 valence electrons. The third kappa shape index (κ3) is 3.00. The molecule has 3 nitrogen and oxygen atoms in total. The minimum absolute atomic E-state index is 0.605. The zero-order valence-corrected chi connectivity index (χ0v) is 12.5. The van der Waals surface area contributed by atoms with Gasteiger partial charge < -0.3 is 5.73 Å². The van der Waals surface area contributed by atoms with Gasteiger partial charge in [0.1, 0.15) is 11.6 Å². The van der Waals surface area contributed by atoms with Gasteiger partial charge >= 0.3 is 0 Å². The first-order valence-electron chi connectivity index (χ1n) is 5.51. The van der Waals surface area contributed by atoms with Crippen molar-refractivity contribution in [2.24, 2.45) is 0 Å². The molecule has 0 saturated heterocycles. The van der Waals surface area contributed by atoms with Gasteiger partial charge in [-0.15, -0.1) is 0 Å². The Morgan fingerprint density at radius 2 is 2.12 bits per heavy atom. The second-order valence-corrected chi connectivity index (χ2v) is 7.00. The molecule has 2 rings (SSSR count). The summed E-state index contributed by atoms with van der Waals surface area (Å²) in [6.07, 6.45) is 2.51. The molecule has 1 aromatic heterocycles. The van der Waals surface area contributed by atoms with Crippen LogP contribution in [0, 0.1) is 3.57 Å². The predicted octanol–water partition coefficient (Wildman–Crippen LogP) is 3.18. The molecule has 5 heteroatoms. The highest BCUT2D eigenvalue weighted by atomic mass is 127. The van der Waals surface area contributed by atoms with Gasteiger partial charge in [0.2, 0.25) is 0 Å². The van der Waals surface area contributed by atoms with Gasteiger partial charge in [-0.05, 0) is 40.7 Å². The van der Waals surface area contributed by atoms with Crippen molar-refractivity contribution >= 4 is 40.2 Å². The molecule has 0 amide bonds. The smallest absolute Gasteiger partial charge is 0.140 e. The number of thioether (sulfide) groups is 1. The van der Waals surface area contributed by atoms with Crippen molar-refractivity contribution in [1.82, 2.24) is 9.97 Å². The number of hydrogen-bond acceptors (Lipinski definition) is 4. The topological polar surface area (TPSA) is 51.8 Å². The summed E-state index contributed by atoms with van der Waals surface area (Å²) in [7, 11) is 0. The summed E-state index contributed by atoms with van der Waals surface area (Å²) in [4.78, 5) is 9.00. The molecule has 1 fully saturated rings.